The standard InChI is InChI=1S/C8Cl2F6I2/c9-3-1(7(11,12)13)2(8(14,15)16)5(17)6(18)4(3)10. The Kier molecular flexibility index (Phi) is 4.99. The van der Waals surface area contributed by atoms with Crippen molar-refractivity contribution in [2.24, 2.45) is 0 Å². The van der Waals surface area contributed by atoms with Crippen molar-refractivity contribution in [2.75, 3.05) is 0 Å². The van der Waals surface area contributed by atoms with Crippen LogP contribution in [-0.2, 0) is 12.4 Å². The molecule has 0 heterocycles. The van der Waals surface area contributed by atoms with E-state index in [-0.39, 0.29) is 3.57 Å². The van der Waals surface area contributed by atoms with Crippen molar-refractivity contribution in [1.82, 2.24) is 0 Å². The molecule has 0 fully saturated rings. The number of hydrogen-bond acceptors (Lipinski definition) is 0. The van der Waals surface area contributed by atoms with E-state index in [4.69, 9.17) is 23.2 Å². The van der Waals surface area contributed by atoms with Crippen molar-refractivity contribution < 1.29 is 26.3 Å². The summed E-state index contributed by atoms with van der Waals surface area (Å²) in [6.45, 7) is 0. The molecule has 18 heavy (non-hydrogen) atoms. The Morgan fingerprint density at radius 1 is 0.667 bits per heavy atom. The van der Waals surface area contributed by atoms with E-state index < -0.39 is 37.1 Å². The van der Waals surface area contributed by atoms with Gasteiger partial charge < -0.3 is 0 Å². The third-order valence-corrected chi connectivity index (χ3v) is 6.20. The summed E-state index contributed by atoms with van der Waals surface area (Å²) >= 11 is 13.4. The topological polar surface area (TPSA) is 0 Å². The Hall–Kier alpha value is 0.840. The van der Waals surface area contributed by atoms with Gasteiger partial charge in [0.15, 0.2) is 0 Å². The first-order valence-electron chi connectivity index (χ1n) is 3.89. The third kappa shape index (κ3) is 3.11. The van der Waals surface area contributed by atoms with Gasteiger partial charge in [0, 0.05) is 7.14 Å². The van der Waals surface area contributed by atoms with E-state index in [0.29, 0.717) is 0 Å². The number of halogens is 10. The van der Waals surface area contributed by atoms with Crippen LogP contribution < -0.4 is 0 Å². The van der Waals surface area contributed by atoms with Gasteiger partial charge in [-0.2, -0.15) is 26.3 Å². The summed E-state index contributed by atoms with van der Waals surface area (Å²) in [5.74, 6) is 0. The first-order valence-corrected chi connectivity index (χ1v) is 6.80. The lowest BCUT2D eigenvalue weighted by atomic mass is 10.1. The quantitative estimate of drug-likeness (QED) is 0.160. The largest absolute Gasteiger partial charge is 0.418 e. The van der Waals surface area contributed by atoms with Crippen molar-refractivity contribution in [3.63, 3.8) is 0 Å². The maximum absolute atomic E-state index is 12.7. The van der Waals surface area contributed by atoms with Gasteiger partial charge in [-0.1, -0.05) is 23.2 Å². The van der Waals surface area contributed by atoms with Gasteiger partial charge >= 0.3 is 12.4 Å². The van der Waals surface area contributed by atoms with E-state index in [2.05, 4.69) is 0 Å². The summed E-state index contributed by atoms with van der Waals surface area (Å²) in [5.41, 5.74) is -3.76. The van der Waals surface area contributed by atoms with Crippen molar-refractivity contribution in [1.29, 1.82) is 0 Å². The first kappa shape index (κ1) is 16.9. The molecule has 0 aliphatic heterocycles. The van der Waals surface area contributed by atoms with Crippen molar-refractivity contribution >= 4 is 68.4 Å². The molecule has 0 aliphatic carbocycles. The van der Waals surface area contributed by atoms with Gasteiger partial charge in [0.25, 0.3) is 0 Å². The van der Waals surface area contributed by atoms with Crippen molar-refractivity contribution in [2.45, 2.75) is 12.4 Å². The van der Waals surface area contributed by atoms with Crippen LogP contribution in [0.1, 0.15) is 11.1 Å². The Labute approximate surface area is 134 Å². The van der Waals surface area contributed by atoms with Crippen LogP contribution in [0.2, 0.25) is 10.0 Å². The molecular formula is C8Cl2F6I2. The zero-order valence-electron chi connectivity index (χ0n) is 7.78. The van der Waals surface area contributed by atoms with Gasteiger partial charge in [-0.25, -0.2) is 0 Å². The van der Waals surface area contributed by atoms with Gasteiger partial charge in [0.1, 0.15) is 0 Å². The van der Waals surface area contributed by atoms with Gasteiger partial charge in [0.05, 0.1) is 21.2 Å². The third-order valence-electron chi connectivity index (χ3n) is 1.83. The molecule has 0 aromatic heterocycles. The second-order valence-corrected chi connectivity index (χ2v) is 5.91. The van der Waals surface area contributed by atoms with Crippen LogP contribution >= 0.6 is 68.4 Å². The monoisotopic (exact) mass is 534 g/mol. The highest BCUT2D eigenvalue weighted by Gasteiger charge is 2.47. The fraction of sp³-hybridized carbons (Fsp3) is 0.250. The second kappa shape index (κ2) is 5.32. The average Bonchev–Trinajstić information content (AvgIpc) is 2.16. The molecule has 0 spiro atoms. The van der Waals surface area contributed by atoms with Crippen molar-refractivity contribution in [3.8, 4) is 0 Å². The number of benzene rings is 1. The maximum atomic E-state index is 12.7. The van der Waals surface area contributed by atoms with Crippen LogP contribution in [0.4, 0.5) is 26.3 Å². The van der Waals surface area contributed by atoms with Gasteiger partial charge in [-0.15, -0.1) is 0 Å². The molecule has 0 saturated heterocycles. The molecule has 10 heteroatoms. The van der Waals surface area contributed by atoms with Crippen LogP contribution in [0, 0.1) is 7.14 Å². The Morgan fingerprint density at radius 3 is 1.39 bits per heavy atom. The van der Waals surface area contributed by atoms with Gasteiger partial charge in [-0.3, -0.25) is 0 Å². The molecule has 1 aromatic rings. The molecule has 0 nitrogen and oxygen atoms in total. The zero-order valence-corrected chi connectivity index (χ0v) is 13.6. The molecule has 0 unspecified atom stereocenters. The van der Waals surface area contributed by atoms with E-state index in [9.17, 15) is 26.3 Å². The van der Waals surface area contributed by atoms with Crippen LogP contribution in [0.25, 0.3) is 0 Å². The lowest BCUT2D eigenvalue weighted by Crippen LogP contribution is -2.20. The Morgan fingerprint density at radius 2 is 1.06 bits per heavy atom. The van der Waals surface area contributed by atoms with Crippen LogP contribution in [0.15, 0.2) is 0 Å². The Bertz CT molecular complexity index is 449. The maximum Gasteiger partial charge on any atom is 0.418 e. The highest BCUT2D eigenvalue weighted by atomic mass is 127. The van der Waals surface area contributed by atoms with E-state index in [1.54, 1.807) is 0 Å². The summed E-state index contributed by atoms with van der Waals surface area (Å²) in [6, 6.07) is 0. The summed E-state index contributed by atoms with van der Waals surface area (Å²) in [6.07, 6.45) is -10.4. The predicted molar refractivity (Wildman–Crippen MR) is 71.9 cm³/mol. The summed E-state index contributed by atoms with van der Waals surface area (Å²) < 4.78 is 75.4. The molecule has 0 saturated carbocycles. The van der Waals surface area contributed by atoms with Gasteiger partial charge in [-0.05, 0) is 45.2 Å². The van der Waals surface area contributed by atoms with Gasteiger partial charge in [0.2, 0.25) is 0 Å². The smallest absolute Gasteiger partial charge is 0.166 e. The van der Waals surface area contributed by atoms with E-state index in [0.717, 1.165) is 0 Å². The molecule has 1 aromatic carbocycles. The van der Waals surface area contributed by atoms with Crippen LogP contribution in [-0.4, -0.2) is 0 Å². The lowest BCUT2D eigenvalue weighted by molar-refractivity contribution is -0.162. The highest BCUT2D eigenvalue weighted by molar-refractivity contribution is 14.1. The first-order chi connectivity index (χ1) is 7.89. The molecule has 0 atom stereocenters. The summed E-state index contributed by atoms with van der Waals surface area (Å²) in [4.78, 5) is 0. The minimum absolute atomic E-state index is 0.166. The molecule has 0 amide bonds. The fourth-order valence-corrected chi connectivity index (χ4v) is 3.35. The fourth-order valence-electron chi connectivity index (χ4n) is 1.16. The molecule has 102 valence electrons. The lowest BCUT2D eigenvalue weighted by Gasteiger charge is -2.20. The van der Waals surface area contributed by atoms with E-state index >= 15 is 0 Å². The minimum atomic E-state index is -5.24. The molecule has 0 bridgehead atoms. The summed E-state index contributed by atoms with van der Waals surface area (Å²) in [7, 11) is 0. The number of alkyl halides is 6. The molecule has 0 N–H and O–H groups in total. The highest BCUT2D eigenvalue weighted by Crippen LogP contribution is 2.49. The van der Waals surface area contributed by atoms with Crippen LogP contribution in [0.5, 0.6) is 0 Å². The number of rotatable bonds is 0. The second-order valence-electron chi connectivity index (χ2n) is 3.00. The van der Waals surface area contributed by atoms with E-state index in [1.807, 2.05) is 0 Å². The molecule has 0 aliphatic rings. The summed E-state index contributed by atoms with van der Waals surface area (Å²) in [5, 5.41) is -1.68. The predicted octanol–water partition coefficient (Wildman–Crippen LogP) is 6.24. The minimum Gasteiger partial charge on any atom is -0.166 e. The number of hydrogen-bond donors (Lipinski definition) is 0. The van der Waals surface area contributed by atoms with E-state index in [1.165, 1.54) is 45.2 Å². The van der Waals surface area contributed by atoms with Crippen molar-refractivity contribution in [3.05, 3.63) is 28.3 Å². The SMILES string of the molecule is FC(F)(F)c1c(Cl)c(Cl)c(I)c(I)c1C(F)(F)F. The normalized spacial score (nSPS) is 13.0. The molecule has 1 rings (SSSR count). The zero-order chi connectivity index (χ0) is 14.5. The molecular weight excluding hydrogens is 535 g/mol. The average molecular weight is 535 g/mol. The molecule has 0 radical (unpaired) electrons. The van der Waals surface area contributed by atoms with Crippen LogP contribution in [0.3, 0.4) is 0 Å². The Balaban J connectivity index is 3.89.